The van der Waals surface area contributed by atoms with Gasteiger partial charge in [-0.15, -0.1) is 0 Å². The van der Waals surface area contributed by atoms with Crippen LogP contribution in [0.15, 0.2) is 24.7 Å². The number of rotatable bonds is 4. The molecule has 3 heterocycles. The second-order valence-corrected chi connectivity index (χ2v) is 5.34. The van der Waals surface area contributed by atoms with Crippen LogP contribution in [-0.2, 0) is 6.42 Å². The molecule has 1 saturated heterocycles. The molecular weight excluding hydrogens is 297 g/mol. The van der Waals surface area contributed by atoms with Gasteiger partial charge in [0, 0.05) is 38.4 Å². The lowest BCUT2D eigenvalue weighted by atomic mass is 10.2. The van der Waals surface area contributed by atoms with E-state index in [0.717, 1.165) is 24.7 Å². The largest absolute Gasteiger partial charge is 0.497 e. The molecule has 0 spiro atoms. The van der Waals surface area contributed by atoms with Gasteiger partial charge in [0.1, 0.15) is 17.9 Å². The van der Waals surface area contributed by atoms with Gasteiger partial charge in [0.05, 0.1) is 12.8 Å². The molecule has 1 aliphatic rings. The van der Waals surface area contributed by atoms with Crippen molar-refractivity contribution in [3.63, 3.8) is 0 Å². The Bertz CT molecular complexity index is 673. The lowest BCUT2D eigenvalue weighted by Crippen LogP contribution is -2.47. The van der Waals surface area contributed by atoms with E-state index < -0.39 is 0 Å². The molecular formula is C16H20FN5O. The number of aryl methyl sites for hydroxylation is 1. The van der Waals surface area contributed by atoms with Crippen molar-refractivity contribution in [3.8, 4) is 5.75 Å². The predicted octanol–water partition coefficient (Wildman–Crippen LogP) is 1.91. The van der Waals surface area contributed by atoms with Crippen LogP contribution >= 0.6 is 0 Å². The highest BCUT2D eigenvalue weighted by Crippen LogP contribution is 2.23. The molecule has 0 N–H and O–H groups in total. The normalized spacial score (nSPS) is 14.9. The second kappa shape index (κ2) is 6.76. The number of ether oxygens (including phenoxy) is 1. The Labute approximate surface area is 134 Å². The lowest BCUT2D eigenvalue weighted by molar-refractivity contribution is 0.414. The smallest absolute Gasteiger partial charge is 0.187 e. The van der Waals surface area contributed by atoms with Crippen LogP contribution in [-0.4, -0.2) is 48.2 Å². The molecule has 6 nitrogen and oxygen atoms in total. The highest BCUT2D eigenvalue weighted by Gasteiger charge is 2.23. The van der Waals surface area contributed by atoms with E-state index in [4.69, 9.17) is 4.74 Å². The monoisotopic (exact) mass is 317 g/mol. The van der Waals surface area contributed by atoms with Crippen LogP contribution in [0.4, 0.5) is 16.0 Å². The highest BCUT2D eigenvalue weighted by molar-refractivity contribution is 5.48. The Hall–Kier alpha value is -2.44. The van der Waals surface area contributed by atoms with Gasteiger partial charge < -0.3 is 14.5 Å². The van der Waals surface area contributed by atoms with Crippen LogP contribution < -0.4 is 14.5 Å². The third-order valence-electron chi connectivity index (χ3n) is 4.03. The van der Waals surface area contributed by atoms with E-state index in [1.165, 1.54) is 6.33 Å². The molecule has 0 aromatic carbocycles. The minimum absolute atomic E-state index is 0.303. The topological polar surface area (TPSA) is 54.4 Å². The molecule has 1 fully saturated rings. The Morgan fingerprint density at radius 3 is 2.57 bits per heavy atom. The van der Waals surface area contributed by atoms with Gasteiger partial charge in [0.25, 0.3) is 0 Å². The lowest BCUT2D eigenvalue weighted by Gasteiger charge is -2.36. The van der Waals surface area contributed by atoms with Gasteiger partial charge in [-0.05, 0) is 12.5 Å². The number of pyridine rings is 1. The average Bonchev–Trinajstić information content (AvgIpc) is 2.62. The zero-order valence-corrected chi connectivity index (χ0v) is 13.4. The van der Waals surface area contributed by atoms with E-state index in [9.17, 15) is 4.39 Å². The summed E-state index contributed by atoms with van der Waals surface area (Å²) >= 11 is 0. The van der Waals surface area contributed by atoms with Gasteiger partial charge >= 0.3 is 0 Å². The van der Waals surface area contributed by atoms with Gasteiger partial charge in [-0.1, -0.05) is 6.92 Å². The number of methoxy groups -OCH3 is 1. The molecule has 122 valence electrons. The number of hydrogen-bond acceptors (Lipinski definition) is 6. The molecule has 23 heavy (non-hydrogen) atoms. The van der Waals surface area contributed by atoms with Crippen molar-refractivity contribution in [2.24, 2.45) is 0 Å². The summed E-state index contributed by atoms with van der Waals surface area (Å²) in [5.41, 5.74) is 0.465. The first-order chi connectivity index (χ1) is 11.2. The summed E-state index contributed by atoms with van der Waals surface area (Å²) in [4.78, 5) is 16.6. The van der Waals surface area contributed by atoms with Crippen LogP contribution in [0.2, 0.25) is 0 Å². The molecule has 0 aliphatic carbocycles. The Morgan fingerprint density at radius 1 is 1.13 bits per heavy atom. The summed E-state index contributed by atoms with van der Waals surface area (Å²) in [6, 6.07) is 3.73. The molecule has 0 radical (unpaired) electrons. The van der Waals surface area contributed by atoms with Gasteiger partial charge in [0.15, 0.2) is 11.6 Å². The molecule has 0 unspecified atom stereocenters. The minimum Gasteiger partial charge on any atom is -0.497 e. The van der Waals surface area contributed by atoms with E-state index in [-0.39, 0.29) is 5.82 Å². The summed E-state index contributed by atoms with van der Waals surface area (Å²) in [6.45, 7) is 4.78. The minimum atomic E-state index is -0.303. The summed E-state index contributed by atoms with van der Waals surface area (Å²) in [5, 5.41) is 0. The fourth-order valence-electron chi connectivity index (χ4n) is 2.71. The standard InChI is InChI=1S/C16H20FN5O/c1-3-13-15(17)16(20-11-19-13)22-8-6-21(7-9-22)14-10-12(23-2)4-5-18-14/h4-5,10-11H,3,6-9H2,1-2H3. The molecule has 0 amide bonds. The van der Waals surface area contributed by atoms with Gasteiger partial charge in [0.2, 0.25) is 0 Å². The maximum atomic E-state index is 14.4. The molecule has 3 rings (SSSR count). The van der Waals surface area contributed by atoms with Crippen molar-refractivity contribution >= 4 is 11.6 Å². The zero-order valence-electron chi connectivity index (χ0n) is 13.4. The van der Waals surface area contributed by atoms with Crippen LogP contribution in [0.1, 0.15) is 12.6 Å². The molecule has 1 aliphatic heterocycles. The fraction of sp³-hybridized carbons (Fsp3) is 0.438. The number of nitrogens with zero attached hydrogens (tertiary/aromatic N) is 5. The Morgan fingerprint density at radius 2 is 1.87 bits per heavy atom. The summed E-state index contributed by atoms with van der Waals surface area (Å²) in [6.07, 6.45) is 3.74. The van der Waals surface area contributed by atoms with Crippen molar-refractivity contribution in [2.75, 3.05) is 43.1 Å². The van der Waals surface area contributed by atoms with Crippen molar-refractivity contribution < 1.29 is 9.13 Å². The number of halogens is 1. The predicted molar refractivity (Wildman–Crippen MR) is 86.6 cm³/mol. The molecule has 2 aromatic heterocycles. The first-order valence-electron chi connectivity index (χ1n) is 7.72. The molecule has 0 atom stereocenters. The SMILES string of the molecule is CCc1ncnc(N2CCN(c3cc(OC)ccn3)CC2)c1F. The third kappa shape index (κ3) is 3.18. The molecule has 0 bridgehead atoms. The Balaban J connectivity index is 1.71. The van der Waals surface area contributed by atoms with Crippen LogP contribution in [0, 0.1) is 5.82 Å². The maximum absolute atomic E-state index is 14.4. The van der Waals surface area contributed by atoms with Crippen LogP contribution in [0.25, 0.3) is 0 Å². The first kappa shape index (κ1) is 15.5. The second-order valence-electron chi connectivity index (χ2n) is 5.34. The number of aromatic nitrogens is 3. The zero-order chi connectivity index (χ0) is 16.2. The Kier molecular flexibility index (Phi) is 4.55. The van der Waals surface area contributed by atoms with E-state index in [2.05, 4.69) is 19.9 Å². The number of hydrogen-bond donors (Lipinski definition) is 0. The van der Waals surface area contributed by atoms with Crippen molar-refractivity contribution in [3.05, 3.63) is 36.2 Å². The van der Waals surface area contributed by atoms with Gasteiger partial charge in [-0.3, -0.25) is 0 Å². The number of piperazine rings is 1. The summed E-state index contributed by atoms with van der Waals surface area (Å²) in [7, 11) is 1.64. The summed E-state index contributed by atoms with van der Waals surface area (Å²) in [5.74, 6) is 1.76. The van der Waals surface area contributed by atoms with Gasteiger partial charge in [-0.25, -0.2) is 19.3 Å². The van der Waals surface area contributed by atoms with Crippen LogP contribution in [0.5, 0.6) is 5.75 Å². The van der Waals surface area contributed by atoms with E-state index in [1.807, 2.05) is 24.0 Å². The van der Waals surface area contributed by atoms with Crippen molar-refractivity contribution in [2.45, 2.75) is 13.3 Å². The molecule has 7 heteroatoms. The number of anilines is 2. The van der Waals surface area contributed by atoms with E-state index in [1.54, 1.807) is 13.3 Å². The first-order valence-corrected chi connectivity index (χ1v) is 7.72. The van der Waals surface area contributed by atoms with E-state index in [0.29, 0.717) is 31.0 Å². The highest BCUT2D eigenvalue weighted by atomic mass is 19.1. The fourth-order valence-corrected chi connectivity index (χ4v) is 2.71. The van der Waals surface area contributed by atoms with Crippen molar-refractivity contribution in [1.82, 2.24) is 15.0 Å². The third-order valence-corrected chi connectivity index (χ3v) is 4.03. The quantitative estimate of drug-likeness (QED) is 0.858. The summed E-state index contributed by atoms with van der Waals surface area (Å²) < 4.78 is 19.6. The molecule has 0 saturated carbocycles. The molecule has 2 aromatic rings. The van der Waals surface area contributed by atoms with Crippen molar-refractivity contribution in [1.29, 1.82) is 0 Å². The van der Waals surface area contributed by atoms with E-state index >= 15 is 0 Å². The van der Waals surface area contributed by atoms with Crippen LogP contribution in [0.3, 0.4) is 0 Å². The average molecular weight is 317 g/mol. The maximum Gasteiger partial charge on any atom is 0.187 e. The van der Waals surface area contributed by atoms with Gasteiger partial charge in [-0.2, -0.15) is 0 Å².